The standard InChI is InChI=1S/C10H12N4O5/c1-6-2-7(14(18)19)10(12-3-6)13-4-8(15)11-5-9(16)17/h2-3H,4-5H2,1H3,(H,11,15)(H,12,13)(H,16,17). The highest BCUT2D eigenvalue weighted by molar-refractivity contribution is 5.84. The van der Waals surface area contributed by atoms with E-state index in [1.165, 1.54) is 12.3 Å². The molecule has 1 heterocycles. The lowest BCUT2D eigenvalue weighted by Gasteiger charge is -2.06. The minimum Gasteiger partial charge on any atom is -0.480 e. The molecule has 0 radical (unpaired) electrons. The topological polar surface area (TPSA) is 134 Å². The third-order valence-corrected chi connectivity index (χ3v) is 2.05. The molecule has 0 spiro atoms. The minimum atomic E-state index is -1.17. The van der Waals surface area contributed by atoms with Crippen molar-refractivity contribution in [1.82, 2.24) is 10.3 Å². The van der Waals surface area contributed by atoms with Crippen molar-refractivity contribution in [2.24, 2.45) is 0 Å². The molecule has 0 atom stereocenters. The number of aryl methyl sites for hydroxylation is 1. The summed E-state index contributed by atoms with van der Waals surface area (Å²) >= 11 is 0. The van der Waals surface area contributed by atoms with Crippen LogP contribution >= 0.6 is 0 Å². The van der Waals surface area contributed by atoms with Gasteiger partial charge in [0.05, 0.1) is 11.5 Å². The molecule has 0 bridgehead atoms. The first-order chi connectivity index (χ1) is 8.90. The quantitative estimate of drug-likeness (QED) is 0.484. The Morgan fingerprint density at radius 3 is 2.74 bits per heavy atom. The second-order valence-electron chi connectivity index (χ2n) is 3.66. The highest BCUT2D eigenvalue weighted by Gasteiger charge is 2.16. The van der Waals surface area contributed by atoms with E-state index >= 15 is 0 Å². The van der Waals surface area contributed by atoms with Gasteiger partial charge in [-0.15, -0.1) is 0 Å². The van der Waals surface area contributed by atoms with Crippen LogP contribution in [0, 0.1) is 17.0 Å². The van der Waals surface area contributed by atoms with E-state index in [1.54, 1.807) is 6.92 Å². The second-order valence-corrected chi connectivity index (χ2v) is 3.66. The van der Waals surface area contributed by atoms with Crippen LogP contribution in [0.2, 0.25) is 0 Å². The maximum atomic E-state index is 11.2. The Balaban J connectivity index is 2.65. The van der Waals surface area contributed by atoms with Crippen molar-refractivity contribution < 1.29 is 19.6 Å². The molecular weight excluding hydrogens is 256 g/mol. The van der Waals surface area contributed by atoms with E-state index in [0.717, 1.165) is 0 Å². The summed E-state index contributed by atoms with van der Waals surface area (Å²) in [5.41, 5.74) is 0.374. The number of anilines is 1. The van der Waals surface area contributed by atoms with E-state index in [9.17, 15) is 19.7 Å². The van der Waals surface area contributed by atoms with Crippen molar-refractivity contribution in [2.75, 3.05) is 18.4 Å². The van der Waals surface area contributed by atoms with E-state index in [1.807, 2.05) is 0 Å². The largest absolute Gasteiger partial charge is 0.480 e. The molecule has 9 heteroatoms. The van der Waals surface area contributed by atoms with Crippen LogP contribution in [0.25, 0.3) is 0 Å². The molecule has 102 valence electrons. The monoisotopic (exact) mass is 268 g/mol. The van der Waals surface area contributed by atoms with Gasteiger partial charge in [-0.3, -0.25) is 19.7 Å². The molecule has 0 aliphatic carbocycles. The number of aliphatic carboxylic acids is 1. The van der Waals surface area contributed by atoms with Crippen molar-refractivity contribution in [2.45, 2.75) is 6.92 Å². The zero-order valence-electron chi connectivity index (χ0n) is 10.0. The van der Waals surface area contributed by atoms with E-state index < -0.39 is 23.3 Å². The summed E-state index contributed by atoms with van der Waals surface area (Å²) in [7, 11) is 0. The number of amides is 1. The van der Waals surface area contributed by atoms with Crippen LogP contribution in [0.4, 0.5) is 11.5 Å². The summed E-state index contributed by atoms with van der Waals surface area (Å²) in [5.74, 6) is -1.81. The molecule has 0 saturated heterocycles. The summed E-state index contributed by atoms with van der Waals surface area (Å²) in [6.07, 6.45) is 1.42. The average molecular weight is 268 g/mol. The van der Waals surface area contributed by atoms with Crippen LogP contribution in [-0.4, -0.2) is 40.0 Å². The third kappa shape index (κ3) is 4.58. The Labute approximate surface area is 107 Å². The van der Waals surface area contributed by atoms with Crippen molar-refractivity contribution in [3.8, 4) is 0 Å². The zero-order valence-corrected chi connectivity index (χ0v) is 10.0. The number of carbonyl (C=O) groups excluding carboxylic acids is 1. The lowest BCUT2D eigenvalue weighted by molar-refractivity contribution is -0.384. The van der Waals surface area contributed by atoms with Gasteiger partial charge < -0.3 is 15.7 Å². The minimum absolute atomic E-state index is 0.0407. The first-order valence-electron chi connectivity index (χ1n) is 5.23. The van der Waals surface area contributed by atoms with Gasteiger partial charge in [-0.2, -0.15) is 0 Å². The summed E-state index contributed by atoms with van der Waals surface area (Å²) in [6.45, 7) is 0.845. The Hall–Kier alpha value is -2.71. The maximum Gasteiger partial charge on any atom is 0.322 e. The molecule has 1 amide bonds. The second kappa shape index (κ2) is 6.28. The van der Waals surface area contributed by atoms with E-state index in [-0.39, 0.29) is 18.1 Å². The van der Waals surface area contributed by atoms with Gasteiger partial charge in [0.1, 0.15) is 6.54 Å². The van der Waals surface area contributed by atoms with Crippen LogP contribution in [-0.2, 0) is 9.59 Å². The number of carboxylic acid groups (broad SMARTS) is 1. The molecule has 1 aromatic heterocycles. The molecule has 1 aromatic rings. The molecule has 0 unspecified atom stereocenters. The normalized spacial score (nSPS) is 9.74. The summed E-state index contributed by atoms with van der Waals surface area (Å²) in [6, 6.07) is 1.32. The molecule has 1 rings (SSSR count). The molecule has 0 aromatic carbocycles. The van der Waals surface area contributed by atoms with Crippen LogP contribution in [0.3, 0.4) is 0 Å². The number of carbonyl (C=O) groups is 2. The number of nitrogens with one attached hydrogen (secondary N) is 2. The number of nitrogens with zero attached hydrogens (tertiary/aromatic N) is 2. The van der Waals surface area contributed by atoms with Gasteiger partial charge in [0.2, 0.25) is 11.7 Å². The molecule has 19 heavy (non-hydrogen) atoms. The molecule has 3 N–H and O–H groups in total. The Bertz CT molecular complexity index is 517. The summed E-state index contributed by atoms with van der Waals surface area (Å²) in [5, 5.41) is 23.7. The number of hydrogen-bond acceptors (Lipinski definition) is 6. The van der Waals surface area contributed by atoms with Crippen molar-refractivity contribution in [3.63, 3.8) is 0 Å². The van der Waals surface area contributed by atoms with Crippen LogP contribution in [0.15, 0.2) is 12.3 Å². The molecular formula is C10H12N4O5. The average Bonchev–Trinajstić information content (AvgIpc) is 2.34. The van der Waals surface area contributed by atoms with Crippen molar-refractivity contribution in [1.29, 1.82) is 0 Å². The van der Waals surface area contributed by atoms with Crippen molar-refractivity contribution in [3.05, 3.63) is 27.9 Å². The predicted molar refractivity (Wildman–Crippen MR) is 64.8 cm³/mol. The molecule has 0 saturated carbocycles. The maximum absolute atomic E-state index is 11.2. The van der Waals surface area contributed by atoms with E-state index in [4.69, 9.17) is 5.11 Å². The zero-order chi connectivity index (χ0) is 14.4. The fraction of sp³-hybridized carbons (Fsp3) is 0.300. The predicted octanol–water partition coefficient (Wildman–Crippen LogP) is -0.0891. The third-order valence-electron chi connectivity index (χ3n) is 2.05. The van der Waals surface area contributed by atoms with E-state index in [2.05, 4.69) is 15.6 Å². The summed E-state index contributed by atoms with van der Waals surface area (Å²) in [4.78, 5) is 35.4. The number of carboxylic acids is 1. The Kier molecular flexibility index (Phi) is 4.75. The van der Waals surface area contributed by atoms with Gasteiger partial charge in [0, 0.05) is 12.3 Å². The highest BCUT2D eigenvalue weighted by Crippen LogP contribution is 2.21. The molecule has 0 aliphatic rings. The van der Waals surface area contributed by atoms with Crippen LogP contribution in [0.1, 0.15) is 5.56 Å². The molecule has 0 aliphatic heterocycles. The van der Waals surface area contributed by atoms with Gasteiger partial charge in [-0.05, 0) is 12.5 Å². The van der Waals surface area contributed by atoms with Gasteiger partial charge in [-0.25, -0.2) is 4.98 Å². The number of hydrogen-bond donors (Lipinski definition) is 3. The first-order valence-corrected chi connectivity index (χ1v) is 5.23. The Morgan fingerprint density at radius 2 is 2.16 bits per heavy atom. The smallest absolute Gasteiger partial charge is 0.322 e. The Morgan fingerprint density at radius 1 is 1.47 bits per heavy atom. The number of nitro groups is 1. The lowest BCUT2D eigenvalue weighted by Crippen LogP contribution is -2.34. The van der Waals surface area contributed by atoms with Crippen LogP contribution < -0.4 is 10.6 Å². The molecule has 0 fully saturated rings. The van der Waals surface area contributed by atoms with E-state index in [0.29, 0.717) is 5.56 Å². The number of pyridine rings is 1. The SMILES string of the molecule is Cc1cnc(NCC(=O)NCC(=O)O)c([N+](=O)[O-])c1. The molecule has 9 nitrogen and oxygen atoms in total. The fourth-order valence-corrected chi connectivity index (χ4v) is 1.23. The van der Waals surface area contributed by atoms with Gasteiger partial charge in [0.25, 0.3) is 0 Å². The van der Waals surface area contributed by atoms with Crippen molar-refractivity contribution >= 4 is 23.4 Å². The summed E-state index contributed by atoms with van der Waals surface area (Å²) < 4.78 is 0. The lowest BCUT2D eigenvalue weighted by atomic mass is 10.3. The number of aromatic nitrogens is 1. The van der Waals surface area contributed by atoms with Gasteiger partial charge in [0.15, 0.2) is 0 Å². The highest BCUT2D eigenvalue weighted by atomic mass is 16.6. The van der Waals surface area contributed by atoms with Gasteiger partial charge >= 0.3 is 11.7 Å². The van der Waals surface area contributed by atoms with Crippen LogP contribution in [0.5, 0.6) is 0 Å². The number of rotatable bonds is 6. The fourth-order valence-electron chi connectivity index (χ4n) is 1.23. The van der Waals surface area contributed by atoms with Gasteiger partial charge in [-0.1, -0.05) is 0 Å². The first kappa shape index (κ1) is 14.4.